The number of anilines is 1. The molecule has 0 aliphatic rings. The van der Waals surface area contributed by atoms with Gasteiger partial charge in [-0.1, -0.05) is 0 Å². The fourth-order valence-corrected chi connectivity index (χ4v) is 1.65. The Hall–Kier alpha value is -1.10. The van der Waals surface area contributed by atoms with Crippen LogP contribution in [0.2, 0.25) is 0 Å². The van der Waals surface area contributed by atoms with Crippen molar-refractivity contribution >= 4 is 27.6 Å². The summed E-state index contributed by atoms with van der Waals surface area (Å²) in [5.41, 5.74) is 0.685. The Labute approximate surface area is 95.4 Å². The summed E-state index contributed by atoms with van der Waals surface area (Å²) in [5, 5.41) is 11.5. The van der Waals surface area contributed by atoms with Crippen molar-refractivity contribution in [3.63, 3.8) is 0 Å². The minimum Gasteiger partial charge on any atom is -0.481 e. The number of rotatable bonds is 4. The molecule has 0 spiro atoms. The molecule has 0 saturated carbocycles. The Morgan fingerprint density at radius 2 is 2.33 bits per heavy atom. The van der Waals surface area contributed by atoms with Crippen molar-refractivity contribution in [2.75, 3.05) is 5.32 Å². The maximum absolute atomic E-state index is 12.7. The van der Waals surface area contributed by atoms with Gasteiger partial charge >= 0.3 is 5.97 Å². The van der Waals surface area contributed by atoms with Crippen molar-refractivity contribution in [1.29, 1.82) is 0 Å². The highest BCUT2D eigenvalue weighted by molar-refractivity contribution is 9.10. The van der Waals surface area contributed by atoms with Crippen molar-refractivity contribution in [1.82, 2.24) is 0 Å². The third-order valence-electron chi connectivity index (χ3n) is 1.81. The predicted octanol–water partition coefficient (Wildman–Crippen LogP) is 2.86. The van der Waals surface area contributed by atoms with E-state index in [9.17, 15) is 9.18 Å². The third-order valence-corrected chi connectivity index (χ3v) is 2.47. The summed E-state index contributed by atoms with van der Waals surface area (Å²) in [6, 6.07) is 4.01. The van der Waals surface area contributed by atoms with Crippen LogP contribution in [0.25, 0.3) is 0 Å². The SMILES string of the molecule is CC(CC(=O)O)Nc1ccc(F)cc1Br. The molecular formula is C10H11BrFNO2. The first-order valence-electron chi connectivity index (χ1n) is 4.42. The normalized spacial score (nSPS) is 12.2. The molecule has 0 aromatic heterocycles. The molecule has 0 aliphatic carbocycles. The first-order chi connectivity index (χ1) is 6.99. The number of carbonyl (C=O) groups is 1. The Bertz CT molecular complexity index is 370. The molecule has 82 valence electrons. The molecule has 0 bridgehead atoms. The van der Waals surface area contributed by atoms with E-state index >= 15 is 0 Å². The highest BCUT2D eigenvalue weighted by Crippen LogP contribution is 2.23. The summed E-state index contributed by atoms with van der Waals surface area (Å²) in [5.74, 6) is -1.20. The number of hydrogen-bond acceptors (Lipinski definition) is 2. The topological polar surface area (TPSA) is 49.3 Å². The number of hydrogen-bond donors (Lipinski definition) is 2. The van der Waals surface area contributed by atoms with Crippen molar-refractivity contribution in [3.05, 3.63) is 28.5 Å². The van der Waals surface area contributed by atoms with Crippen LogP contribution in [0.15, 0.2) is 22.7 Å². The van der Waals surface area contributed by atoms with Crippen LogP contribution in [0.4, 0.5) is 10.1 Å². The molecule has 1 aromatic rings. The molecule has 0 radical (unpaired) electrons. The highest BCUT2D eigenvalue weighted by atomic mass is 79.9. The van der Waals surface area contributed by atoms with Gasteiger partial charge in [-0.25, -0.2) is 4.39 Å². The summed E-state index contributed by atoms with van der Waals surface area (Å²) >= 11 is 3.19. The molecule has 1 unspecified atom stereocenters. The number of halogens is 2. The minimum absolute atomic E-state index is 0.0177. The Kier molecular flexibility index (Phi) is 4.08. The molecular weight excluding hydrogens is 265 g/mol. The molecule has 1 aromatic carbocycles. The summed E-state index contributed by atoms with van der Waals surface area (Å²) in [6.45, 7) is 1.75. The first-order valence-corrected chi connectivity index (χ1v) is 5.21. The van der Waals surface area contributed by atoms with E-state index in [0.29, 0.717) is 10.2 Å². The van der Waals surface area contributed by atoms with Crippen LogP contribution in [0.3, 0.4) is 0 Å². The summed E-state index contributed by atoms with van der Waals surface area (Å²) in [6.07, 6.45) is 0.0177. The lowest BCUT2D eigenvalue weighted by Gasteiger charge is -2.14. The van der Waals surface area contributed by atoms with E-state index in [0.717, 1.165) is 0 Å². The molecule has 0 amide bonds. The van der Waals surface area contributed by atoms with Crippen LogP contribution in [0.1, 0.15) is 13.3 Å². The van der Waals surface area contributed by atoms with Gasteiger partial charge in [0.2, 0.25) is 0 Å². The molecule has 15 heavy (non-hydrogen) atoms. The molecule has 3 nitrogen and oxygen atoms in total. The molecule has 0 saturated heterocycles. The maximum atomic E-state index is 12.7. The number of aliphatic carboxylic acids is 1. The van der Waals surface area contributed by atoms with Crippen LogP contribution in [0, 0.1) is 5.82 Å². The zero-order valence-corrected chi connectivity index (χ0v) is 9.71. The zero-order chi connectivity index (χ0) is 11.4. The van der Waals surface area contributed by atoms with Gasteiger partial charge in [0.1, 0.15) is 5.82 Å². The van der Waals surface area contributed by atoms with Gasteiger partial charge in [0.15, 0.2) is 0 Å². The summed E-state index contributed by atoms with van der Waals surface area (Å²) in [4.78, 5) is 10.4. The van der Waals surface area contributed by atoms with E-state index in [2.05, 4.69) is 21.2 Å². The fourth-order valence-electron chi connectivity index (χ4n) is 1.18. The number of benzene rings is 1. The molecule has 5 heteroatoms. The average Bonchev–Trinajstić information content (AvgIpc) is 2.08. The lowest BCUT2D eigenvalue weighted by molar-refractivity contribution is -0.137. The van der Waals surface area contributed by atoms with Crippen LogP contribution < -0.4 is 5.32 Å². The zero-order valence-electron chi connectivity index (χ0n) is 8.13. The summed E-state index contributed by atoms with van der Waals surface area (Å²) < 4.78 is 13.3. The van der Waals surface area contributed by atoms with E-state index in [4.69, 9.17) is 5.11 Å². The Morgan fingerprint density at radius 3 is 2.87 bits per heavy atom. The van der Waals surface area contributed by atoms with Crippen LogP contribution in [-0.4, -0.2) is 17.1 Å². The van der Waals surface area contributed by atoms with Crippen molar-refractivity contribution < 1.29 is 14.3 Å². The molecule has 0 heterocycles. The van der Waals surface area contributed by atoms with Gasteiger partial charge in [-0.15, -0.1) is 0 Å². The van der Waals surface area contributed by atoms with Gasteiger partial charge in [0, 0.05) is 16.2 Å². The van der Waals surface area contributed by atoms with E-state index in [1.165, 1.54) is 12.1 Å². The van der Waals surface area contributed by atoms with E-state index in [-0.39, 0.29) is 18.3 Å². The molecule has 1 rings (SSSR count). The molecule has 0 fully saturated rings. The lowest BCUT2D eigenvalue weighted by Crippen LogP contribution is -2.19. The van der Waals surface area contributed by atoms with Gasteiger partial charge in [-0.2, -0.15) is 0 Å². The quantitative estimate of drug-likeness (QED) is 0.889. The molecule has 2 N–H and O–H groups in total. The Balaban J connectivity index is 2.68. The fraction of sp³-hybridized carbons (Fsp3) is 0.300. The second kappa shape index (κ2) is 5.11. The van der Waals surface area contributed by atoms with Crippen molar-refractivity contribution in [2.24, 2.45) is 0 Å². The largest absolute Gasteiger partial charge is 0.481 e. The molecule has 0 aliphatic heterocycles. The van der Waals surface area contributed by atoms with Crippen LogP contribution >= 0.6 is 15.9 Å². The van der Waals surface area contributed by atoms with E-state index < -0.39 is 5.97 Å². The van der Waals surface area contributed by atoms with Gasteiger partial charge in [0.05, 0.1) is 6.42 Å². The second-order valence-electron chi connectivity index (χ2n) is 3.27. The van der Waals surface area contributed by atoms with Crippen LogP contribution in [-0.2, 0) is 4.79 Å². The van der Waals surface area contributed by atoms with Crippen molar-refractivity contribution in [2.45, 2.75) is 19.4 Å². The smallest absolute Gasteiger partial charge is 0.305 e. The second-order valence-corrected chi connectivity index (χ2v) is 4.12. The lowest BCUT2D eigenvalue weighted by atomic mass is 10.2. The van der Waals surface area contributed by atoms with Gasteiger partial charge in [0.25, 0.3) is 0 Å². The van der Waals surface area contributed by atoms with Crippen molar-refractivity contribution in [3.8, 4) is 0 Å². The maximum Gasteiger partial charge on any atom is 0.305 e. The first kappa shape index (κ1) is 12.0. The standard InChI is InChI=1S/C10H11BrFNO2/c1-6(4-10(14)15)13-9-3-2-7(12)5-8(9)11/h2-3,5-6,13H,4H2,1H3,(H,14,15). The van der Waals surface area contributed by atoms with Gasteiger partial charge in [-0.05, 0) is 41.1 Å². The van der Waals surface area contributed by atoms with Gasteiger partial charge < -0.3 is 10.4 Å². The predicted molar refractivity (Wildman–Crippen MR) is 59.4 cm³/mol. The number of carboxylic acids is 1. The average molecular weight is 276 g/mol. The highest BCUT2D eigenvalue weighted by Gasteiger charge is 2.09. The Morgan fingerprint density at radius 1 is 1.67 bits per heavy atom. The van der Waals surface area contributed by atoms with E-state index in [1.54, 1.807) is 13.0 Å². The third kappa shape index (κ3) is 3.87. The van der Waals surface area contributed by atoms with Crippen LogP contribution in [0.5, 0.6) is 0 Å². The monoisotopic (exact) mass is 275 g/mol. The minimum atomic E-state index is -0.867. The summed E-state index contributed by atoms with van der Waals surface area (Å²) in [7, 11) is 0. The van der Waals surface area contributed by atoms with E-state index in [1.807, 2.05) is 0 Å². The number of nitrogens with one attached hydrogen (secondary N) is 1. The van der Waals surface area contributed by atoms with Gasteiger partial charge in [-0.3, -0.25) is 4.79 Å². The number of carboxylic acid groups (broad SMARTS) is 1. The molecule has 1 atom stereocenters.